The zero-order valence-electron chi connectivity index (χ0n) is 11.1. The zero-order valence-corrected chi connectivity index (χ0v) is 11.1. The number of hydrogen-bond acceptors (Lipinski definition) is 3. The molecule has 2 N–H and O–H groups in total. The molecule has 1 aliphatic rings. The summed E-state index contributed by atoms with van der Waals surface area (Å²) in [4.78, 5) is 25.1. The molecule has 0 atom stereocenters. The molecule has 5 heteroatoms. The van der Waals surface area contributed by atoms with Crippen molar-refractivity contribution in [3.63, 3.8) is 0 Å². The molecular formula is C14H19N3O2. The molecule has 1 aromatic carbocycles. The molecular weight excluding hydrogens is 242 g/mol. The molecule has 5 nitrogen and oxygen atoms in total. The van der Waals surface area contributed by atoms with E-state index in [1.54, 1.807) is 4.90 Å². The van der Waals surface area contributed by atoms with Gasteiger partial charge in [0.1, 0.15) is 0 Å². The molecule has 0 saturated carbocycles. The van der Waals surface area contributed by atoms with Crippen LogP contribution in [0.15, 0.2) is 24.3 Å². The van der Waals surface area contributed by atoms with Crippen LogP contribution in [-0.4, -0.2) is 32.0 Å². The Kier molecular flexibility index (Phi) is 4.52. The van der Waals surface area contributed by atoms with Gasteiger partial charge in [0.2, 0.25) is 11.8 Å². The highest BCUT2D eigenvalue weighted by molar-refractivity contribution is 5.97. The Balaban J connectivity index is 2.02. The van der Waals surface area contributed by atoms with Gasteiger partial charge in [-0.3, -0.25) is 9.59 Å². The number of nitrogens with one attached hydrogen (secondary N) is 2. The van der Waals surface area contributed by atoms with E-state index in [1.165, 1.54) is 0 Å². The maximum atomic E-state index is 11.7. The van der Waals surface area contributed by atoms with Gasteiger partial charge in [-0.1, -0.05) is 6.07 Å². The van der Waals surface area contributed by atoms with E-state index >= 15 is 0 Å². The minimum Gasteiger partial charge on any atom is -0.326 e. The average Bonchev–Trinajstić information content (AvgIpc) is 2.83. The molecule has 0 aliphatic carbocycles. The third kappa shape index (κ3) is 3.54. The number of benzene rings is 1. The maximum Gasteiger partial charge on any atom is 0.227 e. The summed E-state index contributed by atoms with van der Waals surface area (Å²) in [6.45, 7) is 1.41. The van der Waals surface area contributed by atoms with Crippen molar-refractivity contribution in [2.75, 3.05) is 30.4 Å². The summed E-state index contributed by atoms with van der Waals surface area (Å²) in [5.41, 5.74) is 1.59. The predicted octanol–water partition coefficient (Wildman–Crippen LogP) is 1.36. The van der Waals surface area contributed by atoms with Gasteiger partial charge in [-0.2, -0.15) is 0 Å². The highest BCUT2D eigenvalue weighted by Crippen LogP contribution is 2.24. The number of carbonyl (C=O) groups is 2. The molecule has 1 aliphatic heterocycles. The molecule has 19 heavy (non-hydrogen) atoms. The first kappa shape index (κ1) is 13.5. The molecule has 1 saturated heterocycles. The van der Waals surface area contributed by atoms with Crippen LogP contribution in [0.5, 0.6) is 0 Å². The van der Waals surface area contributed by atoms with Crippen molar-refractivity contribution in [3.05, 3.63) is 24.3 Å². The maximum absolute atomic E-state index is 11.7. The van der Waals surface area contributed by atoms with Gasteiger partial charge in [-0.05, 0) is 31.7 Å². The van der Waals surface area contributed by atoms with Gasteiger partial charge in [0.05, 0.1) is 0 Å². The van der Waals surface area contributed by atoms with E-state index in [-0.39, 0.29) is 11.8 Å². The standard InChI is InChI=1S/C14H19N3O2/c1-15-8-7-13(18)16-11-4-2-5-12(10-11)17-9-3-6-14(17)19/h2,4-5,10,15H,3,6-9H2,1H3,(H,16,18). The number of nitrogens with zero attached hydrogens (tertiary/aromatic N) is 1. The number of anilines is 2. The molecule has 0 spiro atoms. The van der Waals surface area contributed by atoms with Gasteiger partial charge < -0.3 is 15.5 Å². The number of carbonyl (C=O) groups excluding carboxylic acids is 2. The van der Waals surface area contributed by atoms with E-state index in [9.17, 15) is 9.59 Å². The minimum atomic E-state index is -0.0285. The van der Waals surface area contributed by atoms with Gasteiger partial charge in [0.15, 0.2) is 0 Å². The smallest absolute Gasteiger partial charge is 0.227 e. The van der Waals surface area contributed by atoms with Crippen LogP contribution in [0.4, 0.5) is 11.4 Å². The second-order valence-corrected chi connectivity index (χ2v) is 4.60. The SMILES string of the molecule is CNCCC(=O)Nc1cccc(N2CCCC2=O)c1. The number of hydrogen-bond donors (Lipinski definition) is 2. The van der Waals surface area contributed by atoms with E-state index in [1.807, 2.05) is 31.3 Å². The highest BCUT2D eigenvalue weighted by Gasteiger charge is 2.21. The minimum absolute atomic E-state index is 0.0285. The van der Waals surface area contributed by atoms with Crippen LogP contribution < -0.4 is 15.5 Å². The summed E-state index contributed by atoms with van der Waals surface area (Å²) < 4.78 is 0. The van der Waals surface area contributed by atoms with E-state index < -0.39 is 0 Å². The quantitative estimate of drug-likeness (QED) is 0.841. The van der Waals surface area contributed by atoms with Crippen molar-refractivity contribution in [1.82, 2.24) is 5.32 Å². The highest BCUT2D eigenvalue weighted by atomic mass is 16.2. The number of rotatable bonds is 5. The predicted molar refractivity (Wildman–Crippen MR) is 75.2 cm³/mol. The Morgan fingerprint density at radius 1 is 1.42 bits per heavy atom. The van der Waals surface area contributed by atoms with Crippen molar-refractivity contribution in [1.29, 1.82) is 0 Å². The lowest BCUT2D eigenvalue weighted by Gasteiger charge is -2.16. The topological polar surface area (TPSA) is 61.4 Å². The molecule has 102 valence electrons. The molecule has 0 unspecified atom stereocenters. The fourth-order valence-electron chi connectivity index (χ4n) is 2.13. The normalized spacial score (nSPS) is 14.8. The summed E-state index contributed by atoms with van der Waals surface area (Å²) in [6.07, 6.45) is 1.94. The van der Waals surface area contributed by atoms with Crippen LogP contribution in [0.2, 0.25) is 0 Å². The van der Waals surface area contributed by atoms with Crippen LogP contribution in [0.3, 0.4) is 0 Å². The molecule has 1 aromatic rings. The van der Waals surface area contributed by atoms with Crippen molar-refractivity contribution in [3.8, 4) is 0 Å². The first-order valence-corrected chi connectivity index (χ1v) is 6.55. The zero-order chi connectivity index (χ0) is 13.7. The Bertz CT molecular complexity index is 474. The van der Waals surface area contributed by atoms with E-state index in [0.717, 1.165) is 24.3 Å². The lowest BCUT2D eigenvalue weighted by atomic mass is 10.2. The summed E-state index contributed by atoms with van der Waals surface area (Å²) in [5, 5.41) is 5.77. The van der Waals surface area contributed by atoms with Gasteiger partial charge in [0, 0.05) is 37.3 Å². The molecule has 1 heterocycles. The van der Waals surface area contributed by atoms with Crippen LogP contribution in [0, 0.1) is 0 Å². The Morgan fingerprint density at radius 2 is 2.26 bits per heavy atom. The van der Waals surface area contributed by atoms with Crippen LogP contribution >= 0.6 is 0 Å². The summed E-state index contributed by atoms with van der Waals surface area (Å²) >= 11 is 0. The van der Waals surface area contributed by atoms with Crippen LogP contribution in [-0.2, 0) is 9.59 Å². The van der Waals surface area contributed by atoms with E-state index in [0.29, 0.717) is 19.4 Å². The lowest BCUT2D eigenvalue weighted by Crippen LogP contribution is -2.24. The molecule has 2 rings (SSSR count). The molecule has 0 bridgehead atoms. The van der Waals surface area contributed by atoms with Crippen molar-refractivity contribution < 1.29 is 9.59 Å². The third-order valence-corrected chi connectivity index (χ3v) is 3.12. The Morgan fingerprint density at radius 3 is 2.95 bits per heavy atom. The van der Waals surface area contributed by atoms with E-state index in [2.05, 4.69) is 10.6 Å². The Labute approximate surface area is 113 Å². The second-order valence-electron chi connectivity index (χ2n) is 4.60. The van der Waals surface area contributed by atoms with Gasteiger partial charge in [0.25, 0.3) is 0 Å². The second kappa shape index (κ2) is 6.33. The molecule has 0 aromatic heterocycles. The molecule has 2 amide bonds. The van der Waals surface area contributed by atoms with Gasteiger partial charge in [-0.15, -0.1) is 0 Å². The van der Waals surface area contributed by atoms with Crippen molar-refractivity contribution in [2.24, 2.45) is 0 Å². The largest absolute Gasteiger partial charge is 0.326 e. The summed E-state index contributed by atoms with van der Waals surface area (Å²) in [6, 6.07) is 7.43. The molecule has 1 fully saturated rings. The Hall–Kier alpha value is -1.88. The van der Waals surface area contributed by atoms with Crippen LogP contribution in [0.1, 0.15) is 19.3 Å². The van der Waals surface area contributed by atoms with Crippen LogP contribution in [0.25, 0.3) is 0 Å². The monoisotopic (exact) mass is 261 g/mol. The number of amides is 2. The van der Waals surface area contributed by atoms with Crippen molar-refractivity contribution >= 4 is 23.2 Å². The lowest BCUT2D eigenvalue weighted by molar-refractivity contribution is -0.117. The summed E-state index contributed by atoms with van der Waals surface area (Å²) in [5.74, 6) is 0.123. The first-order chi connectivity index (χ1) is 9.20. The summed E-state index contributed by atoms with van der Waals surface area (Å²) in [7, 11) is 1.81. The first-order valence-electron chi connectivity index (χ1n) is 6.55. The van der Waals surface area contributed by atoms with Gasteiger partial charge >= 0.3 is 0 Å². The fourth-order valence-corrected chi connectivity index (χ4v) is 2.13. The van der Waals surface area contributed by atoms with Crippen molar-refractivity contribution in [2.45, 2.75) is 19.3 Å². The fraction of sp³-hybridized carbons (Fsp3) is 0.429. The average molecular weight is 261 g/mol. The van der Waals surface area contributed by atoms with E-state index in [4.69, 9.17) is 0 Å². The molecule has 0 radical (unpaired) electrons. The third-order valence-electron chi connectivity index (χ3n) is 3.12. The van der Waals surface area contributed by atoms with Gasteiger partial charge in [-0.25, -0.2) is 0 Å².